The highest BCUT2D eigenvalue weighted by Crippen LogP contribution is 2.11. The smallest absolute Gasteiger partial charge is 0.322 e. The molecule has 0 aliphatic rings. The van der Waals surface area contributed by atoms with Crippen molar-refractivity contribution in [2.45, 2.75) is 11.8 Å². The first-order valence-electron chi connectivity index (χ1n) is 4.60. The highest BCUT2D eigenvalue weighted by molar-refractivity contribution is 7.91. The highest BCUT2D eigenvalue weighted by Gasteiger charge is 2.11. The Morgan fingerprint density at radius 2 is 2.19 bits per heavy atom. The van der Waals surface area contributed by atoms with Gasteiger partial charge in [0.05, 0.1) is 10.6 Å². The van der Waals surface area contributed by atoms with Gasteiger partial charge in [0, 0.05) is 6.20 Å². The van der Waals surface area contributed by atoms with Crippen molar-refractivity contribution in [3.05, 3.63) is 18.3 Å². The van der Waals surface area contributed by atoms with Crippen LogP contribution in [-0.2, 0) is 14.6 Å². The molecule has 0 saturated heterocycles. The molecule has 0 bridgehead atoms. The predicted molar refractivity (Wildman–Crippen MR) is 58.1 cm³/mol. The first kappa shape index (κ1) is 12.4. The largest absolute Gasteiger partial charge is 0.480 e. The third kappa shape index (κ3) is 3.20. The number of nitrogens with zero attached hydrogens (tertiary/aromatic N) is 1. The van der Waals surface area contributed by atoms with Gasteiger partial charge in [0.1, 0.15) is 12.4 Å². The van der Waals surface area contributed by atoms with Crippen molar-refractivity contribution >= 4 is 21.6 Å². The SMILES string of the molecule is CCS(=O)(=O)c1ccc(NCC(=O)O)nc1. The van der Waals surface area contributed by atoms with Gasteiger partial charge in [0.15, 0.2) is 9.84 Å². The zero-order valence-corrected chi connectivity index (χ0v) is 9.49. The second kappa shape index (κ2) is 4.93. The molecule has 88 valence electrons. The van der Waals surface area contributed by atoms with E-state index in [1.165, 1.54) is 18.3 Å². The molecule has 0 unspecified atom stereocenters. The number of carboxylic acid groups (broad SMARTS) is 1. The topological polar surface area (TPSA) is 96.4 Å². The van der Waals surface area contributed by atoms with Crippen LogP contribution >= 0.6 is 0 Å². The van der Waals surface area contributed by atoms with Crippen LogP contribution in [0.25, 0.3) is 0 Å². The van der Waals surface area contributed by atoms with Gasteiger partial charge in [0.25, 0.3) is 0 Å². The first-order chi connectivity index (χ1) is 7.45. The summed E-state index contributed by atoms with van der Waals surface area (Å²) in [5.74, 6) is -0.666. The quantitative estimate of drug-likeness (QED) is 0.777. The molecule has 0 radical (unpaired) electrons. The van der Waals surface area contributed by atoms with Crippen molar-refractivity contribution in [1.29, 1.82) is 0 Å². The Morgan fingerprint density at radius 3 is 2.62 bits per heavy atom. The molecule has 0 aromatic carbocycles. The Kier molecular flexibility index (Phi) is 3.83. The lowest BCUT2D eigenvalue weighted by atomic mass is 10.4. The Labute approximate surface area is 93.2 Å². The standard InChI is InChI=1S/C9H12N2O4S/c1-2-16(14,15)7-3-4-8(10-5-7)11-6-9(12)13/h3-5H,2,6H2,1H3,(H,10,11)(H,12,13). The summed E-state index contributed by atoms with van der Waals surface area (Å²) in [6.07, 6.45) is 1.21. The zero-order valence-electron chi connectivity index (χ0n) is 8.67. The van der Waals surface area contributed by atoms with E-state index in [4.69, 9.17) is 5.11 Å². The van der Waals surface area contributed by atoms with Crippen LogP contribution in [0.1, 0.15) is 6.92 Å². The number of hydrogen-bond acceptors (Lipinski definition) is 5. The van der Waals surface area contributed by atoms with Crippen molar-refractivity contribution < 1.29 is 18.3 Å². The number of anilines is 1. The lowest BCUT2D eigenvalue weighted by Crippen LogP contribution is -2.13. The van der Waals surface area contributed by atoms with E-state index in [0.29, 0.717) is 5.82 Å². The molecule has 0 saturated carbocycles. The van der Waals surface area contributed by atoms with Gasteiger partial charge < -0.3 is 10.4 Å². The van der Waals surface area contributed by atoms with E-state index < -0.39 is 15.8 Å². The van der Waals surface area contributed by atoms with Gasteiger partial charge >= 0.3 is 5.97 Å². The molecule has 0 aliphatic carbocycles. The van der Waals surface area contributed by atoms with Gasteiger partial charge in [0.2, 0.25) is 0 Å². The number of aliphatic carboxylic acids is 1. The maximum atomic E-state index is 11.4. The van der Waals surface area contributed by atoms with Gasteiger partial charge in [-0.2, -0.15) is 0 Å². The third-order valence-electron chi connectivity index (χ3n) is 1.90. The Morgan fingerprint density at radius 1 is 1.50 bits per heavy atom. The number of hydrogen-bond donors (Lipinski definition) is 2. The van der Waals surface area contributed by atoms with Crippen LogP contribution in [0.15, 0.2) is 23.2 Å². The Balaban J connectivity index is 2.80. The summed E-state index contributed by atoms with van der Waals surface area (Å²) in [5.41, 5.74) is 0. The van der Waals surface area contributed by atoms with E-state index in [2.05, 4.69) is 10.3 Å². The normalized spacial score (nSPS) is 11.1. The van der Waals surface area contributed by atoms with Gasteiger partial charge in [-0.15, -0.1) is 0 Å². The number of aromatic nitrogens is 1. The summed E-state index contributed by atoms with van der Waals surface area (Å²) in [6.45, 7) is 1.29. The third-order valence-corrected chi connectivity index (χ3v) is 3.62. The molecule has 1 aromatic heterocycles. The molecule has 2 N–H and O–H groups in total. The molecule has 16 heavy (non-hydrogen) atoms. The minimum absolute atomic E-state index is 0.0105. The fourth-order valence-corrected chi connectivity index (χ4v) is 1.82. The number of nitrogens with one attached hydrogen (secondary N) is 1. The fraction of sp³-hybridized carbons (Fsp3) is 0.333. The van der Waals surface area contributed by atoms with Gasteiger partial charge in [-0.25, -0.2) is 13.4 Å². The molecule has 0 amide bonds. The number of rotatable bonds is 5. The van der Waals surface area contributed by atoms with Gasteiger partial charge in [-0.05, 0) is 12.1 Å². The average molecular weight is 244 g/mol. The molecule has 1 heterocycles. The maximum absolute atomic E-state index is 11.4. The molecule has 0 atom stereocenters. The van der Waals surface area contributed by atoms with Crippen molar-refractivity contribution in [2.75, 3.05) is 17.6 Å². The molecular weight excluding hydrogens is 232 g/mol. The van der Waals surface area contributed by atoms with Crippen molar-refractivity contribution in [2.24, 2.45) is 0 Å². The van der Waals surface area contributed by atoms with Gasteiger partial charge in [-0.1, -0.05) is 6.92 Å². The number of sulfone groups is 1. The van der Waals surface area contributed by atoms with Crippen LogP contribution in [0.5, 0.6) is 0 Å². The molecule has 1 rings (SSSR count). The molecule has 6 nitrogen and oxygen atoms in total. The number of carbonyl (C=O) groups is 1. The van der Waals surface area contributed by atoms with E-state index in [1.807, 2.05) is 0 Å². The summed E-state index contributed by atoms with van der Waals surface area (Å²) < 4.78 is 22.8. The first-order valence-corrected chi connectivity index (χ1v) is 6.25. The Hall–Kier alpha value is -1.63. The molecule has 0 aliphatic heterocycles. The van der Waals surface area contributed by atoms with E-state index >= 15 is 0 Å². The molecule has 0 fully saturated rings. The lowest BCUT2D eigenvalue weighted by molar-refractivity contribution is -0.134. The second-order valence-electron chi connectivity index (χ2n) is 3.03. The zero-order chi connectivity index (χ0) is 12.2. The molecule has 0 spiro atoms. The molecule has 1 aromatic rings. The average Bonchev–Trinajstić information content (AvgIpc) is 2.27. The highest BCUT2D eigenvalue weighted by atomic mass is 32.2. The summed E-state index contributed by atoms with van der Waals surface area (Å²) in [4.78, 5) is 14.2. The van der Waals surface area contributed by atoms with E-state index in [0.717, 1.165) is 0 Å². The van der Waals surface area contributed by atoms with Crippen molar-refractivity contribution in [3.8, 4) is 0 Å². The predicted octanol–water partition coefficient (Wildman–Crippen LogP) is 0.372. The summed E-state index contributed by atoms with van der Waals surface area (Å²) in [7, 11) is -3.25. The van der Waals surface area contributed by atoms with Crippen molar-refractivity contribution in [3.63, 3.8) is 0 Å². The van der Waals surface area contributed by atoms with E-state index in [9.17, 15) is 13.2 Å². The number of pyridine rings is 1. The van der Waals surface area contributed by atoms with Gasteiger partial charge in [-0.3, -0.25) is 4.79 Å². The lowest BCUT2D eigenvalue weighted by Gasteiger charge is -2.04. The maximum Gasteiger partial charge on any atom is 0.322 e. The van der Waals surface area contributed by atoms with Crippen LogP contribution in [0.2, 0.25) is 0 Å². The fourth-order valence-electron chi connectivity index (χ4n) is 1.00. The van der Waals surface area contributed by atoms with Crippen molar-refractivity contribution in [1.82, 2.24) is 4.98 Å². The van der Waals surface area contributed by atoms with Crippen LogP contribution < -0.4 is 5.32 Å². The monoisotopic (exact) mass is 244 g/mol. The minimum atomic E-state index is -3.25. The van der Waals surface area contributed by atoms with Crippen LogP contribution in [-0.4, -0.2) is 36.8 Å². The second-order valence-corrected chi connectivity index (χ2v) is 5.31. The summed E-state index contributed by atoms with van der Waals surface area (Å²) >= 11 is 0. The number of carboxylic acids is 1. The van der Waals surface area contributed by atoms with Crippen LogP contribution in [0, 0.1) is 0 Å². The molecule has 7 heteroatoms. The van der Waals surface area contributed by atoms with E-state index in [1.54, 1.807) is 6.92 Å². The summed E-state index contributed by atoms with van der Waals surface area (Å²) in [6, 6.07) is 2.83. The molecular formula is C9H12N2O4S. The minimum Gasteiger partial charge on any atom is -0.480 e. The summed E-state index contributed by atoms with van der Waals surface area (Å²) in [5, 5.41) is 10.9. The van der Waals surface area contributed by atoms with Crippen LogP contribution in [0.3, 0.4) is 0 Å². The van der Waals surface area contributed by atoms with E-state index in [-0.39, 0.29) is 17.2 Å². The van der Waals surface area contributed by atoms with Crippen LogP contribution in [0.4, 0.5) is 5.82 Å². The Bertz CT molecular complexity index is 467.